The highest BCUT2D eigenvalue weighted by atomic mass is 14.0. The van der Waals surface area contributed by atoms with Crippen LogP contribution in [0.5, 0.6) is 0 Å². The van der Waals surface area contributed by atoms with Crippen LogP contribution in [0.4, 0.5) is 0 Å². The number of hydrogen-bond donors (Lipinski definition) is 0. The lowest BCUT2D eigenvalue weighted by atomic mass is 9.56. The lowest BCUT2D eigenvalue weighted by Crippen LogP contribution is -2.04. The van der Waals surface area contributed by atoms with Gasteiger partial charge in [-0.1, -0.05) is 62.6 Å². The molecule has 0 radical (unpaired) electrons. The molecule has 1 rings (SSSR count). The predicted octanol–water partition coefficient (Wildman–Crippen LogP) is 4.05. The third kappa shape index (κ3) is 4.17. The lowest BCUT2D eigenvalue weighted by molar-refractivity contribution is 0.694. The minimum atomic E-state index is 0.911. The molecule has 0 N–H and O–H groups in total. The van der Waals surface area contributed by atoms with Crippen LogP contribution in [-0.2, 0) is 0 Å². The lowest BCUT2D eigenvalue weighted by Gasteiger charge is -2.12. The highest BCUT2D eigenvalue weighted by Gasteiger charge is 2.09. The first-order valence-electron chi connectivity index (χ1n) is 6.22. The molecule has 0 bridgehead atoms. The van der Waals surface area contributed by atoms with E-state index in [1.165, 1.54) is 45.8 Å². The molecule has 1 aliphatic carbocycles. The first kappa shape index (κ1) is 11.6. The van der Waals surface area contributed by atoms with E-state index in [1.807, 2.05) is 0 Å². The number of rotatable bonds is 5. The van der Waals surface area contributed by atoms with Crippen molar-refractivity contribution in [1.29, 1.82) is 0 Å². The van der Waals surface area contributed by atoms with Crippen LogP contribution in [0, 0.1) is 0 Å². The van der Waals surface area contributed by atoms with Crippen LogP contribution >= 0.6 is 0 Å². The molecule has 0 heterocycles. The van der Waals surface area contributed by atoms with Gasteiger partial charge in [-0.3, -0.25) is 0 Å². The number of allylic oxidation sites excluding steroid dienone is 4. The first-order chi connectivity index (χ1) is 6.86. The van der Waals surface area contributed by atoms with Crippen molar-refractivity contribution in [3.05, 3.63) is 23.7 Å². The van der Waals surface area contributed by atoms with Crippen LogP contribution in [0.1, 0.15) is 52.4 Å². The second-order valence-corrected chi connectivity index (χ2v) is 4.38. The Hall–Kier alpha value is -0.455. The fourth-order valence-corrected chi connectivity index (χ4v) is 2.17. The van der Waals surface area contributed by atoms with Crippen molar-refractivity contribution >= 4 is 7.28 Å². The third-order valence-corrected chi connectivity index (χ3v) is 3.11. The minimum absolute atomic E-state index is 0.911. The maximum atomic E-state index is 2.45. The second-order valence-electron chi connectivity index (χ2n) is 4.38. The maximum Gasteiger partial charge on any atom is 0.160 e. The average molecular weight is 190 g/mol. The molecule has 0 fully saturated rings. The third-order valence-electron chi connectivity index (χ3n) is 3.11. The molecule has 0 spiro atoms. The van der Waals surface area contributed by atoms with Crippen molar-refractivity contribution < 1.29 is 0 Å². The van der Waals surface area contributed by atoms with E-state index in [0.29, 0.717) is 0 Å². The summed E-state index contributed by atoms with van der Waals surface area (Å²) in [5, 5.41) is 0. The van der Waals surface area contributed by atoms with Gasteiger partial charge in [0.05, 0.1) is 0 Å². The second kappa shape index (κ2) is 6.92. The van der Waals surface area contributed by atoms with Gasteiger partial charge < -0.3 is 0 Å². The van der Waals surface area contributed by atoms with Gasteiger partial charge in [0.25, 0.3) is 0 Å². The SMILES string of the molecule is CCCC(BC1=CCCCC=C1)CC. The van der Waals surface area contributed by atoms with Crippen LogP contribution < -0.4 is 0 Å². The van der Waals surface area contributed by atoms with Gasteiger partial charge >= 0.3 is 0 Å². The normalized spacial score (nSPS) is 18.6. The van der Waals surface area contributed by atoms with Crippen molar-refractivity contribution in [3.8, 4) is 0 Å². The van der Waals surface area contributed by atoms with Gasteiger partial charge in [0.15, 0.2) is 7.28 Å². The van der Waals surface area contributed by atoms with Gasteiger partial charge in [-0.05, 0) is 19.3 Å². The van der Waals surface area contributed by atoms with E-state index in [-0.39, 0.29) is 0 Å². The Morgan fingerprint density at radius 3 is 2.93 bits per heavy atom. The molecule has 0 amide bonds. The van der Waals surface area contributed by atoms with Crippen molar-refractivity contribution in [2.24, 2.45) is 0 Å². The molecular formula is C13H23B. The zero-order valence-corrected chi connectivity index (χ0v) is 9.76. The molecule has 1 heteroatoms. The van der Waals surface area contributed by atoms with Crippen molar-refractivity contribution in [1.82, 2.24) is 0 Å². The molecule has 0 aromatic carbocycles. The first-order valence-corrected chi connectivity index (χ1v) is 6.22. The highest BCUT2D eigenvalue weighted by Crippen LogP contribution is 2.21. The standard InChI is InChI=1S/C13H23B/c1-3-9-12(4-2)14-13-10-7-5-6-8-11-13/h7,10-12,14H,3-6,8-9H2,1-2H3. The molecular weight excluding hydrogens is 167 g/mol. The molecule has 78 valence electrons. The summed E-state index contributed by atoms with van der Waals surface area (Å²) in [6.45, 7) is 4.61. The van der Waals surface area contributed by atoms with Crippen LogP contribution in [0.25, 0.3) is 0 Å². The summed E-state index contributed by atoms with van der Waals surface area (Å²) < 4.78 is 0. The average Bonchev–Trinajstić information content (AvgIpc) is 2.45. The van der Waals surface area contributed by atoms with Crippen molar-refractivity contribution in [3.63, 3.8) is 0 Å². The van der Waals surface area contributed by atoms with Gasteiger partial charge in [0.2, 0.25) is 0 Å². The molecule has 1 unspecified atom stereocenters. The molecule has 0 saturated carbocycles. The Bertz CT molecular complexity index is 203. The van der Waals surface area contributed by atoms with Gasteiger partial charge in [-0.25, -0.2) is 0 Å². The minimum Gasteiger partial charge on any atom is -0.0905 e. The summed E-state index contributed by atoms with van der Waals surface area (Å²) >= 11 is 0. The Kier molecular flexibility index (Phi) is 5.74. The Labute approximate surface area is 89.7 Å². The van der Waals surface area contributed by atoms with Crippen LogP contribution in [0.3, 0.4) is 0 Å². The summed E-state index contributed by atoms with van der Waals surface area (Å²) in [5.41, 5.74) is 1.59. The fraction of sp³-hybridized carbons (Fsp3) is 0.692. The van der Waals surface area contributed by atoms with E-state index < -0.39 is 0 Å². The Morgan fingerprint density at radius 2 is 2.21 bits per heavy atom. The molecule has 14 heavy (non-hydrogen) atoms. The van der Waals surface area contributed by atoms with Crippen LogP contribution in [0.15, 0.2) is 23.7 Å². The van der Waals surface area contributed by atoms with E-state index in [1.54, 1.807) is 5.47 Å². The summed E-state index contributed by atoms with van der Waals surface area (Å²) in [6.07, 6.45) is 15.1. The molecule has 1 aliphatic rings. The van der Waals surface area contributed by atoms with Gasteiger partial charge in [0, 0.05) is 0 Å². The van der Waals surface area contributed by atoms with Crippen LogP contribution in [0.2, 0.25) is 5.82 Å². The smallest absolute Gasteiger partial charge is 0.0905 e. The summed E-state index contributed by atoms with van der Waals surface area (Å²) in [7, 11) is 1.31. The Morgan fingerprint density at radius 1 is 1.36 bits per heavy atom. The zero-order valence-electron chi connectivity index (χ0n) is 9.76. The summed E-state index contributed by atoms with van der Waals surface area (Å²) in [5.74, 6) is 0.911. The summed E-state index contributed by atoms with van der Waals surface area (Å²) in [4.78, 5) is 0. The van der Waals surface area contributed by atoms with Crippen molar-refractivity contribution in [2.75, 3.05) is 0 Å². The molecule has 0 aromatic heterocycles. The quantitative estimate of drug-likeness (QED) is 0.574. The van der Waals surface area contributed by atoms with Crippen LogP contribution in [-0.4, -0.2) is 7.28 Å². The van der Waals surface area contributed by atoms with Crippen molar-refractivity contribution in [2.45, 2.75) is 58.2 Å². The van der Waals surface area contributed by atoms with E-state index in [2.05, 4.69) is 32.1 Å². The molecule has 0 aromatic rings. The Balaban J connectivity index is 2.43. The van der Waals surface area contributed by atoms with E-state index >= 15 is 0 Å². The zero-order chi connectivity index (χ0) is 10.2. The molecule has 0 saturated heterocycles. The fourth-order valence-electron chi connectivity index (χ4n) is 2.17. The maximum absolute atomic E-state index is 2.45. The highest BCUT2D eigenvalue weighted by molar-refractivity contribution is 6.48. The molecule has 0 aliphatic heterocycles. The van der Waals surface area contributed by atoms with Gasteiger partial charge in [0.1, 0.15) is 0 Å². The topological polar surface area (TPSA) is 0 Å². The van der Waals surface area contributed by atoms with E-state index in [9.17, 15) is 0 Å². The monoisotopic (exact) mass is 190 g/mol. The molecule has 0 nitrogen and oxygen atoms in total. The van der Waals surface area contributed by atoms with Gasteiger partial charge in [-0.2, -0.15) is 0 Å². The van der Waals surface area contributed by atoms with E-state index in [4.69, 9.17) is 0 Å². The van der Waals surface area contributed by atoms with Gasteiger partial charge in [-0.15, -0.1) is 0 Å². The predicted molar refractivity (Wildman–Crippen MR) is 67.2 cm³/mol. The number of hydrogen-bond acceptors (Lipinski definition) is 0. The molecule has 1 atom stereocenters. The summed E-state index contributed by atoms with van der Waals surface area (Å²) in [6, 6.07) is 0. The van der Waals surface area contributed by atoms with E-state index in [0.717, 1.165) is 5.82 Å². The largest absolute Gasteiger partial charge is 0.160 e.